The van der Waals surface area contributed by atoms with Crippen LogP contribution in [0.25, 0.3) is 11.4 Å². The van der Waals surface area contributed by atoms with Gasteiger partial charge in [0.15, 0.2) is 5.82 Å². The summed E-state index contributed by atoms with van der Waals surface area (Å²) in [4.78, 5) is 16.2. The van der Waals surface area contributed by atoms with E-state index in [0.29, 0.717) is 12.4 Å². The molecule has 0 saturated heterocycles. The summed E-state index contributed by atoms with van der Waals surface area (Å²) < 4.78 is 5.22. The van der Waals surface area contributed by atoms with Crippen LogP contribution >= 0.6 is 11.6 Å². The Morgan fingerprint density at radius 3 is 2.82 bits per heavy atom. The predicted molar refractivity (Wildman–Crippen MR) is 64.0 cm³/mol. The molecule has 0 unspecified atom stereocenters. The largest absolute Gasteiger partial charge is 0.464 e. The molecule has 0 saturated carbocycles. The summed E-state index contributed by atoms with van der Waals surface area (Å²) in [6.07, 6.45) is 3.40. The third-order valence-electron chi connectivity index (χ3n) is 2.14. The molecule has 2 rings (SSSR count). The molecule has 0 radical (unpaired) electrons. The van der Waals surface area contributed by atoms with Crippen LogP contribution in [-0.4, -0.2) is 26.5 Å². The summed E-state index contributed by atoms with van der Waals surface area (Å²) in [5.74, 6) is 0.471. The van der Waals surface area contributed by atoms with Crippen LogP contribution in [0.1, 0.15) is 12.5 Å². The molecule has 5 nitrogen and oxygen atoms in total. The van der Waals surface area contributed by atoms with Crippen molar-refractivity contribution in [2.24, 2.45) is 0 Å². The molecule has 0 bridgehead atoms. The van der Waals surface area contributed by atoms with Crippen LogP contribution in [0.3, 0.4) is 0 Å². The van der Waals surface area contributed by atoms with Gasteiger partial charge in [-0.2, -0.15) is 15.0 Å². The van der Waals surface area contributed by atoms with E-state index in [9.17, 15) is 0 Å². The fraction of sp³-hybridized carbons (Fsp3) is 0.273. The Morgan fingerprint density at radius 1 is 1.29 bits per heavy atom. The lowest BCUT2D eigenvalue weighted by Crippen LogP contribution is -2.02. The molecule has 0 amide bonds. The van der Waals surface area contributed by atoms with Crippen molar-refractivity contribution in [2.75, 3.05) is 6.61 Å². The first-order chi connectivity index (χ1) is 8.20. The SMILES string of the molecule is CCOc1nc(Cl)nc(-c2cnccc2C)n1. The maximum atomic E-state index is 5.83. The molecule has 0 atom stereocenters. The van der Waals surface area contributed by atoms with Gasteiger partial charge in [-0.25, -0.2) is 0 Å². The minimum absolute atomic E-state index is 0.113. The predicted octanol–water partition coefficient (Wildman–Crippen LogP) is 2.29. The van der Waals surface area contributed by atoms with Crippen LogP contribution in [0.2, 0.25) is 5.28 Å². The molecular weight excluding hydrogens is 240 g/mol. The number of hydrogen-bond donors (Lipinski definition) is 0. The van der Waals surface area contributed by atoms with E-state index in [4.69, 9.17) is 16.3 Å². The first-order valence-electron chi connectivity index (χ1n) is 5.16. The maximum absolute atomic E-state index is 5.83. The average Bonchev–Trinajstić information content (AvgIpc) is 2.29. The average molecular weight is 251 g/mol. The molecule has 88 valence electrons. The van der Waals surface area contributed by atoms with Crippen molar-refractivity contribution >= 4 is 11.6 Å². The number of nitrogens with zero attached hydrogens (tertiary/aromatic N) is 4. The Labute approximate surface area is 104 Å². The van der Waals surface area contributed by atoms with Crippen molar-refractivity contribution in [3.05, 3.63) is 29.3 Å². The summed E-state index contributed by atoms with van der Waals surface area (Å²) >= 11 is 5.83. The van der Waals surface area contributed by atoms with Gasteiger partial charge in [-0.1, -0.05) is 0 Å². The van der Waals surface area contributed by atoms with Gasteiger partial charge >= 0.3 is 6.01 Å². The second-order valence-corrected chi connectivity index (χ2v) is 3.67. The van der Waals surface area contributed by atoms with Crippen molar-refractivity contribution in [1.29, 1.82) is 0 Å². The number of hydrogen-bond acceptors (Lipinski definition) is 5. The fourth-order valence-corrected chi connectivity index (χ4v) is 1.50. The molecule has 2 aromatic rings. The van der Waals surface area contributed by atoms with Crippen LogP contribution in [0, 0.1) is 6.92 Å². The fourth-order valence-electron chi connectivity index (χ4n) is 1.34. The van der Waals surface area contributed by atoms with E-state index >= 15 is 0 Å². The lowest BCUT2D eigenvalue weighted by Gasteiger charge is -2.05. The summed E-state index contributed by atoms with van der Waals surface area (Å²) in [6.45, 7) is 4.29. The molecule has 0 aliphatic rings. The summed E-state index contributed by atoms with van der Waals surface area (Å²) in [7, 11) is 0. The van der Waals surface area contributed by atoms with Crippen LogP contribution in [0.4, 0.5) is 0 Å². The molecule has 6 heteroatoms. The first kappa shape index (κ1) is 11.7. The molecule has 2 heterocycles. The highest BCUT2D eigenvalue weighted by Crippen LogP contribution is 2.21. The third-order valence-corrected chi connectivity index (χ3v) is 2.31. The molecule has 0 aliphatic carbocycles. The quantitative estimate of drug-likeness (QED) is 0.836. The van der Waals surface area contributed by atoms with Gasteiger partial charge in [-0.05, 0) is 37.1 Å². The van der Waals surface area contributed by atoms with Gasteiger partial charge in [-0.3, -0.25) is 4.98 Å². The number of aromatic nitrogens is 4. The standard InChI is InChI=1S/C11H11ClN4O/c1-3-17-11-15-9(14-10(12)16-11)8-6-13-5-4-7(8)2/h4-6H,3H2,1-2H3. The zero-order chi connectivity index (χ0) is 12.3. The highest BCUT2D eigenvalue weighted by Gasteiger charge is 2.10. The normalized spacial score (nSPS) is 10.3. The van der Waals surface area contributed by atoms with Crippen molar-refractivity contribution in [2.45, 2.75) is 13.8 Å². The minimum atomic E-state index is 0.113. The van der Waals surface area contributed by atoms with E-state index in [0.717, 1.165) is 11.1 Å². The van der Waals surface area contributed by atoms with Crippen LogP contribution < -0.4 is 4.74 Å². The molecule has 0 aromatic carbocycles. The van der Waals surface area contributed by atoms with Crippen molar-refractivity contribution in [3.8, 4) is 17.4 Å². The summed E-state index contributed by atoms with van der Waals surface area (Å²) in [5, 5.41) is 0.113. The van der Waals surface area contributed by atoms with Gasteiger partial charge in [0.05, 0.1) is 6.61 Å². The number of halogens is 1. The molecule has 0 fully saturated rings. The smallest absolute Gasteiger partial charge is 0.321 e. The molecule has 0 aliphatic heterocycles. The van der Waals surface area contributed by atoms with E-state index in [1.165, 1.54) is 0 Å². The molecule has 17 heavy (non-hydrogen) atoms. The van der Waals surface area contributed by atoms with Crippen LogP contribution in [0.5, 0.6) is 6.01 Å². The van der Waals surface area contributed by atoms with Crippen molar-refractivity contribution < 1.29 is 4.74 Å². The van der Waals surface area contributed by atoms with E-state index < -0.39 is 0 Å². The zero-order valence-corrected chi connectivity index (χ0v) is 10.3. The van der Waals surface area contributed by atoms with Gasteiger partial charge in [0, 0.05) is 18.0 Å². The van der Waals surface area contributed by atoms with Crippen molar-refractivity contribution in [1.82, 2.24) is 19.9 Å². The Hall–Kier alpha value is -1.75. The highest BCUT2D eigenvalue weighted by atomic mass is 35.5. The maximum Gasteiger partial charge on any atom is 0.321 e. The topological polar surface area (TPSA) is 60.8 Å². The van der Waals surface area contributed by atoms with Gasteiger partial charge in [-0.15, -0.1) is 0 Å². The molecule has 2 aromatic heterocycles. The summed E-state index contributed by atoms with van der Waals surface area (Å²) in [5.41, 5.74) is 1.84. The van der Waals surface area contributed by atoms with E-state index in [1.54, 1.807) is 12.4 Å². The Balaban J connectivity index is 2.48. The van der Waals surface area contributed by atoms with Crippen molar-refractivity contribution in [3.63, 3.8) is 0 Å². The number of ether oxygens (including phenoxy) is 1. The van der Waals surface area contributed by atoms with Gasteiger partial charge in [0.1, 0.15) is 0 Å². The highest BCUT2D eigenvalue weighted by molar-refractivity contribution is 6.28. The molecular formula is C11H11ClN4O. The van der Waals surface area contributed by atoms with Gasteiger partial charge < -0.3 is 4.74 Å². The summed E-state index contributed by atoms with van der Waals surface area (Å²) in [6, 6.07) is 2.11. The van der Waals surface area contributed by atoms with Crippen LogP contribution in [-0.2, 0) is 0 Å². The third kappa shape index (κ3) is 2.68. The molecule has 0 N–H and O–H groups in total. The lowest BCUT2D eigenvalue weighted by atomic mass is 10.1. The minimum Gasteiger partial charge on any atom is -0.464 e. The van der Waals surface area contributed by atoms with E-state index in [2.05, 4.69) is 19.9 Å². The van der Waals surface area contributed by atoms with Gasteiger partial charge in [0.25, 0.3) is 0 Å². The van der Waals surface area contributed by atoms with E-state index in [-0.39, 0.29) is 11.3 Å². The zero-order valence-electron chi connectivity index (χ0n) is 9.51. The molecule has 0 spiro atoms. The lowest BCUT2D eigenvalue weighted by molar-refractivity contribution is 0.312. The number of aryl methyl sites for hydroxylation is 1. The van der Waals surface area contributed by atoms with Gasteiger partial charge in [0.2, 0.25) is 5.28 Å². The Kier molecular flexibility index (Phi) is 3.49. The monoisotopic (exact) mass is 250 g/mol. The number of pyridine rings is 1. The number of rotatable bonds is 3. The Bertz CT molecular complexity index is 533. The second-order valence-electron chi connectivity index (χ2n) is 3.33. The van der Waals surface area contributed by atoms with Crippen LogP contribution in [0.15, 0.2) is 18.5 Å². The Morgan fingerprint density at radius 2 is 2.12 bits per heavy atom. The second kappa shape index (κ2) is 5.05. The van der Waals surface area contributed by atoms with E-state index in [1.807, 2.05) is 19.9 Å². The first-order valence-corrected chi connectivity index (χ1v) is 5.54.